The highest BCUT2D eigenvalue weighted by molar-refractivity contribution is 6.06. The van der Waals surface area contributed by atoms with Gasteiger partial charge in [0.05, 0.1) is 13.0 Å². The zero-order valence-electron chi connectivity index (χ0n) is 21.2. The second-order valence-corrected chi connectivity index (χ2v) is 9.21. The number of hydrogen-bond acceptors (Lipinski definition) is 5. The van der Waals surface area contributed by atoms with Crippen LogP contribution in [0.15, 0.2) is 91.1 Å². The highest BCUT2D eigenvalue weighted by Gasteiger charge is 2.22. The number of pyridine rings is 1. The number of carbonyl (C=O) groups is 2. The third-order valence-corrected chi connectivity index (χ3v) is 6.34. The third-order valence-electron chi connectivity index (χ3n) is 6.34. The molecule has 7 heteroatoms. The molecule has 4 aromatic rings. The summed E-state index contributed by atoms with van der Waals surface area (Å²) in [4.78, 5) is 32.4. The number of aryl methyl sites for hydroxylation is 1. The van der Waals surface area contributed by atoms with Gasteiger partial charge in [-0.25, -0.2) is 0 Å². The molecular weight excluding hydrogens is 478 g/mol. The van der Waals surface area contributed by atoms with Crippen LogP contribution in [0.3, 0.4) is 0 Å². The molecule has 1 N–H and O–H groups in total. The van der Waals surface area contributed by atoms with Crippen molar-refractivity contribution in [2.45, 2.75) is 26.3 Å². The van der Waals surface area contributed by atoms with Crippen LogP contribution in [0.4, 0.5) is 5.69 Å². The number of rotatable bonds is 9. The van der Waals surface area contributed by atoms with Crippen LogP contribution in [-0.4, -0.2) is 30.1 Å². The molecule has 192 valence electrons. The van der Waals surface area contributed by atoms with E-state index in [1.165, 1.54) is 0 Å². The molecule has 0 saturated heterocycles. The van der Waals surface area contributed by atoms with Gasteiger partial charge in [0, 0.05) is 36.1 Å². The molecule has 0 atom stereocenters. The van der Waals surface area contributed by atoms with E-state index >= 15 is 0 Å². The van der Waals surface area contributed by atoms with Crippen molar-refractivity contribution in [1.82, 2.24) is 10.3 Å². The Labute approximate surface area is 222 Å². The summed E-state index contributed by atoms with van der Waals surface area (Å²) in [5.41, 5.74) is 5.13. The third kappa shape index (κ3) is 6.18. The Morgan fingerprint density at radius 3 is 2.55 bits per heavy atom. The summed E-state index contributed by atoms with van der Waals surface area (Å²) in [6.07, 6.45) is 2.63. The summed E-state index contributed by atoms with van der Waals surface area (Å²) < 4.78 is 10.9. The molecule has 1 aromatic heterocycles. The highest BCUT2D eigenvalue weighted by Crippen LogP contribution is 2.33. The van der Waals surface area contributed by atoms with Gasteiger partial charge in [-0.2, -0.15) is 0 Å². The van der Waals surface area contributed by atoms with Crippen molar-refractivity contribution in [3.05, 3.63) is 119 Å². The van der Waals surface area contributed by atoms with E-state index < -0.39 is 0 Å². The van der Waals surface area contributed by atoms with Gasteiger partial charge in [-0.05, 0) is 60.5 Å². The van der Waals surface area contributed by atoms with Gasteiger partial charge in [0.2, 0.25) is 12.7 Å². The maximum atomic E-state index is 13.8. The molecule has 5 rings (SSSR count). The fraction of sp³-hybridized carbons (Fsp3) is 0.194. The molecule has 2 amide bonds. The van der Waals surface area contributed by atoms with Crippen LogP contribution in [0, 0.1) is 6.92 Å². The Morgan fingerprint density at radius 1 is 0.895 bits per heavy atom. The zero-order chi connectivity index (χ0) is 26.3. The van der Waals surface area contributed by atoms with Crippen molar-refractivity contribution < 1.29 is 19.1 Å². The minimum atomic E-state index is -0.166. The molecule has 7 nitrogen and oxygen atoms in total. The quantitative estimate of drug-likeness (QED) is 0.350. The number of aromatic nitrogens is 1. The van der Waals surface area contributed by atoms with Crippen LogP contribution in [0.25, 0.3) is 0 Å². The summed E-state index contributed by atoms with van der Waals surface area (Å²) in [7, 11) is 0. The van der Waals surface area contributed by atoms with Crippen molar-refractivity contribution in [2.75, 3.05) is 18.2 Å². The maximum absolute atomic E-state index is 13.8. The van der Waals surface area contributed by atoms with Crippen LogP contribution in [0.2, 0.25) is 0 Å². The summed E-state index contributed by atoms with van der Waals surface area (Å²) >= 11 is 0. The molecule has 0 aliphatic carbocycles. The van der Waals surface area contributed by atoms with Gasteiger partial charge in [0.1, 0.15) is 0 Å². The van der Waals surface area contributed by atoms with Crippen LogP contribution >= 0.6 is 0 Å². The van der Waals surface area contributed by atoms with Crippen LogP contribution in [-0.2, 0) is 24.2 Å². The second-order valence-electron chi connectivity index (χ2n) is 9.21. The van der Waals surface area contributed by atoms with Gasteiger partial charge in [-0.3, -0.25) is 14.6 Å². The van der Waals surface area contributed by atoms with Gasteiger partial charge >= 0.3 is 0 Å². The van der Waals surface area contributed by atoms with E-state index in [2.05, 4.69) is 10.3 Å². The number of hydrogen-bond donors (Lipinski definition) is 1. The number of benzene rings is 3. The first kappa shape index (κ1) is 25.0. The standard InChI is InChI=1S/C31H29N3O4/c1-22-8-10-23(11-9-22)20-34(31(36)25-12-13-28-29(19-25)38-21-37-28)27-7-4-5-24(17-27)18-30(35)33-16-14-26-6-2-3-15-32-26/h2-13,15,17,19H,14,16,18,20-21H2,1H3,(H,33,35). The molecule has 0 saturated carbocycles. The maximum Gasteiger partial charge on any atom is 0.258 e. The van der Waals surface area contributed by atoms with E-state index in [0.717, 1.165) is 22.4 Å². The molecular formula is C31H29N3O4. The number of fused-ring (bicyclic) bond motifs is 1. The molecule has 0 spiro atoms. The van der Waals surface area contributed by atoms with Crippen molar-refractivity contribution >= 4 is 17.5 Å². The van der Waals surface area contributed by atoms with Gasteiger partial charge < -0.3 is 19.7 Å². The van der Waals surface area contributed by atoms with E-state index in [1.807, 2.05) is 73.7 Å². The number of anilines is 1. The van der Waals surface area contributed by atoms with Crippen molar-refractivity contribution in [1.29, 1.82) is 0 Å². The minimum Gasteiger partial charge on any atom is -0.454 e. The van der Waals surface area contributed by atoms with Gasteiger partial charge in [-0.1, -0.05) is 48.0 Å². The molecule has 1 aliphatic heterocycles. The monoisotopic (exact) mass is 507 g/mol. The smallest absolute Gasteiger partial charge is 0.258 e. The fourth-order valence-electron chi connectivity index (χ4n) is 4.30. The Bertz CT molecular complexity index is 1420. The molecule has 2 heterocycles. The predicted molar refractivity (Wildman–Crippen MR) is 145 cm³/mol. The van der Waals surface area contributed by atoms with E-state index in [9.17, 15) is 9.59 Å². The molecule has 0 fully saturated rings. The average molecular weight is 508 g/mol. The van der Waals surface area contributed by atoms with E-state index in [0.29, 0.717) is 42.3 Å². The largest absolute Gasteiger partial charge is 0.454 e. The first-order valence-corrected chi connectivity index (χ1v) is 12.6. The normalized spacial score (nSPS) is 11.7. The van der Waals surface area contributed by atoms with E-state index in [-0.39, 0.29) is 25.0 Å². The van der Waals surface area contributed by atoms with E-state index in [4.69, 9.17) is 9.47 Å². The number of ether oxygens (including phenoxy) is 2. The van der Waals surface area contributed by atoms with Gasteiger partial charge in [0.25, 0.3) is 5.91 Å². The van der Waals surface area contributed by atoms with Gasteiger partial charge in [-0.15, -0.1) is 0 Å². The van der Waals surface area contributed by atoms with E-state index in [1.54, 1.807) is 29.3 Å². The van der Waals surface area contributed by atoms with Crippen molar-refractivity contribution in [3.63, 3.8) is 0 Å². The first-order chi connectivity index (χ1) is 18.5. The van der Waals surface area contributed by atoms with Crippen molar-refractivity contribution in [3.8, 4) is 11.5 Å². The predicted octanol–water partition coefficient (Wildman–Crippen LogP) is 4.87. The molecule has 1 aliphatic rings. The molecule has 0 bridgehead atoms. The molecule has 38 heavy (non-hydrogen) atoms. The topological polar surface area (TPSA) is 80.8 Å². The Morgan fingerprint density at radius 2 is 1.74 bits per heavy atom. The minimum absolute atomic E-state index is 0.0785. The lowest BCUT2D eigenvalue weighted by Gasteiger charge is -2.24. The Hall–Kier alpha value is -4.65. The summed E-state index contributed by atoms with van der Waals surface area (Å²) in [6.45, 7) is 3.07. The van der Waals surface area contributed by atoms with Crippen LogP contribution < -0.4 is 19.7 Å². The molecule has 0 unspecified atom stereocenters. The lowest BCUT2D eigenvalue weighted by Crippen LogP contribution is -2.31. The lowest BCUT2D eigenvalue weighted by molar-refractivity contribution is -0.120. The van der Waals surface area contributed by atoms with Gasteiger partial charge in [0.15, 0.2) is 11.5 Å². The Kier molecular flexibility index (Phi) is 7.64. The SMILES string of the molecule is Cc1ccc(CN(C(=O)c2ccc3c(c2)OCO3)c2cccc(CC(=O)NCCc3ccccn3)c2)cc1. The number of nitrogens with one attached hydrogen (secondary N) is 1. The highest BCUT2D eigenvalue weighted by atomic mass is 16.7. The zero-order valence-corrected chi connectivity index (χ0v) is 21.2. The number of carbonyl (C=O) groups excluding carboxylic acids is 2. The summed E-state index contributed by atoms with van der Waals surface area (Å²) in [6, 6.07) is 26.6. The number of amides is 2. The van der Waals surface area contributed by atoms with Crippen LogP contribution in [0.1, 0.15) is 32.7 Å². The lowest BCUT2D eigenvalue weighted by atomic mass is 10.1. The number of nitrogens with zero attached hydrogens (tertiary/aromatic N) is 2. The summed E-state index contributed by atoms with van der Waals surface area (Å²) in [5, 5.41) is 2.96. The summed E-state index contributed by atoms with van der Waals surface area (Å²) in [5.74, 6) is 0.941. The second kappa shape index (κ2) is 11.6. The fourth-order valence-corrected chi connectivity index (χ4v) is 4.30. The van der Waals surface area contributed by atoms with Crippen LogP contribution in [0.5, 0.6) is 11.5 Å². The first-order valence-electron chi connectivity index (χ1n) is 12.6. The van der Waals surface area contributed by atoms with Crippen molar-refractivity contribution in [2.24, 2.45) is 0 Å². The molecule has 3 aromatic carbocycles. The average Bonchev–Trinajstić information content (AvgIpc) is 3.41. The molecule has 0 radical (unpaired) electrons. The Balaban J connectivity index is 1.33.